The Kier molecular flexibility index (Phi) is 7.12. The van der Waals surface area contributed by atoms with Gasteiger partial charge in [-0.1, -0.05) is 82.6 Å². The third kappa shape index (κ3) is 4.68. The number of fused-ring (bicyclic) bond motifs is 3. The van der Waals surface area contributed by atoms with Crippen molar-refractivity contribution in [3.8, 4) is 0 Å². The standard InChI is InChI=1S/C30H44N2/c1-22(2)24-13-15-26-25(20-24)14-16-28-29(3,17-9-18-30(26,28)4)21-32-19-8-12-27(31)23-10-6-5-7-11-23/h5-7,10-11,13,15,20,22,27-28,32H,8-9,12,14,16-19,21,31H2,1-4H3/t27?,28-,29-,30+/m0/s1. The Morgan fingerprint density at radius 2 is 1.81 bits per heavy atom. The molecule has 32 heavy (non-hydrogen) atoms. The molecule has 2 aromatic rings. The minimum Gasteiger partial charge on any atom is -0.324 e. The van der Waals surface area contributed by atoms with Crippen molar-refractivity contribution in [1.82, 2.24) is 5.32 Å². The summed E-state index contributed by atoms with van der Waals surface area (Å²) in [7, 11) is 0. The van der Waals surface area contributed by atoms with E-state index < -0.39 is 0 Å². The summed E-state index contributed by atoms with van der Waals surface area (Å²) in [5.41, 5.74) is 13.1. The van der Waals surface area contributed by atoms with Gasteiger partial charge in [-0.3, -0.25) is 0 Å². The molecule has 1 saturated carbocycles. The van der Waals surface area contributed by atoms with Crippen molar-refractivity contribution in [3.63, 3.8) is 0 Å². The SMILES string of the molecule is CC(C)c1ccc2c(c1)CC[C@H]1[C@](C)(CNCCCC(N)c3ccccc3)CCC[C@]21C. The second-order valence-electron chi connectivity index (χ2n) is 11.4. The van der Waals surface area contributed by atoms with Crippen LogP contribution in [-0.4, -0.2) is 13.1 Å². The molecule has 2 aromatic carbocycles. The van der Waals surface area contributed by atoms with Crippen LogP contribution in [0.4, 0.5) is 0 Å². The minimum atomic E-state index is 0.150. The van der Waals surface area contributed by atoms with Crippen LogP contribution in [0.3, 0.4) is 0 Å². The largest absolute Gasteiger partial charge is 0.324 e. The second-order valence-corrected chi connectivity index (χ2v) is 11.4. The van der Waals surface area contributed by atoms with Crippen molar-refractivity contribution in [2.24, 2.45) is 17.1 Å². The van der Waals surface area contributed by atoms with Gasteiger partial charge < -0.3 is 11.1 Å². The van der Waals surface area contributed by atoms with E-state index in [0.717, 1.165) is 31.8 Å². The van der Waals surface area contributed by atoms with Gasteiger partial charge in [-0.05, 0) is 90.0 Å². The predicted molar refractivity (Wildman–Crippen MR) is 137 cm³/mol. The molecule has 0 radical (unpaired) electrons. The first-order chi connectivity index (χ1) is 15.3. The topological polar surface area (TPSA) is 38.0 Å². The van der Waals surface area contributed by atoms with Crippen LogP contribution < -0.4 is 11.1 Å². The summed E-state index contributed by atoms with van der Waals surface area (Å²) < 4.78 is 0. The number of rotatable bonds is 8. The molecule has 4 rings (SSSR count). The highest BCUT2D eigenvalue weighted by atomic mass is 14.9. The zero-order chi connectivity index (χ0) is 22.8. The molecular formula is C30H44N2. The Labute approximate surface area is 196 Å². The molecule has 0 heterocycles. The number of hydrogen-bond acceptors (Lipinski definition) is 2. The molecule has 1 unspecified atom stereocenters. The number of hydrogen-bond donors (Lipinski definition) is 2. The fourth-order valence-electron chi connectivity index (χ4n) is 6.90. The third-order valence-corrected chi connectivity index (χ3v) is 8.79. The average molecular weight is 433 g/mol. The first kappa shape index (κ1) is 23.5. The Morgan fingerprint density at radius 1 is 1.03 bits per heavy atom. The molecular weight excluding hydrogens is 388 g/mol. The number of nitrogens with two attached hydrogens (primary N) is 1. The highest BCUT2D eigenvalue weighted by Crippen LogP contribution is 2.57. The molecule has 0 bridgehead atoms. The van der Waals surface area contributed by atoms with Gasteiger partial charge >= 0.3 is 0 Å². The van der Waals surface area contributed by atoms with E-state index in [1.807, 2.05) is 0 Å². The van der Waals surface area contributed by atoms with Crippen LogP contribution in [0.5, 0.6) is 0 Å². The number of nitrogens with one attached hydrogen (secondary N) is 1. The maximum atomic E-state index is 6.40. The first-order valence-electron chi connectivity index (χ1n) is 13.0. The Balaban J connectivity index is 1.37. The molecule has 1 fully saturated rings. The molecule has 2 aliphatic carbocycles. The summed E-state index contributed by atoms with van der Waals surface area (Å²) in [5, 5.41) is 3.85. The van der Waals surface area contributed by atoms with Gasteiger partial charge in [-0.2, -0.15) is 0 Å². The molecule has 0 aromatic heterocycles. The third-order valence-electron chi connectivity index (χ3n) is 8.79. The van der Waals surface area contributed by atoms with E-state index >= 15 is 0 Å². The smallest absolute Gasteiger partial charge is 0.0295 e. The molecule has 2 aliphatic rings. The van der Waals surface area contributed by atoms with Crippen molar-refractivity contribution < 1.29 is 0 Å². The molecule has 174 valence electrons. The lowest BCUT2D eigenvalue weighted by atomic mass is 9.49. The monoisotopic (exact) mass is 432 g/mol. The van der Waals surface area contributed by atoms with Crippen LogP contribution >= 0.6 is 0 Å². The quantitative estimate of drug-likeness (QED) is 0.446. The summed E-state index contributed by atoms with van der Waals surface area (Å²) in [6.45, 7) is 11.9. The summed E-state index contributed by atoms with van der Waals surface area (Å²) in [6, 6.07) is 18.1. The van der Waals surface area contributed by atoms with E-state index in [1.54, 1.807) is 11.1 Å². The van der Waals surface area contributed by atoms with Crippen molar-refractivity contribution in [3.05, 3.63) is 70.8 Å². The van der Waals surface area contributed by atoms with Gasteiger partial charge in [0.15, 0.2) is 0 Å². The first-order valence-corrected chi connectivity index (χ1v) is 13.0. The van der Waals surface area contributed by atoms with Gasteiger partial charge in [0.1, 0.15) is 0 Å². The van der Waals surface area contributed by atoms with Gasteiger partial charge in [0, 0.05) is 12.6 Å². The van der Waals surface area contributed by atoms with E-state index in [9.17, 15) is 0 Å². The molecule has 0 aliphatic heterocycles. The average Bonchev–Trinajstić information content (AvgIpc) is 2.79. The lowest BCUT2D eigenvalue weighted by Crippen LogP contribution is -2.52. The van der Waals surface area contributed by atoms with Crippen LogP contribution in [0.25, 0.3) is 0 Å². The van der Waals surface area contributed by atoms with Crippen molar-refractivity contribution >= 4 is 0 Å². The van der Waals surface area contributed by atoms with Gasteiger partial charge in [-0.25, -0.2) is 0 Å². The van der Waals surface area contributed by atoms with Crippen LogP contribution in [0.1, 0.15) is 100 Å². The zero-order valence-corrected chi connectivity index (χ0v) is 20.8. The van der Waals surface area contributed by atoms with E-state index in [2.05, 4.69) is 81.5 Å². The van der Waals surface area contributed by atoms with Gasteiger partial charge in [-0.15, -0.1) is 0 Å². The van der Waals surface area contributed by atoms with Crippen molar-refractivity contribution in [2.45, 2.75) is 90.0 Å². The molecule has 2 nitrogen and oxygen atoms in total. The Bertz CT molecular complexity index is 889. The molecule has 0 spiro atoms. The molecule has 0 saturated heterocycles. The highest BCUT2D eigenvalue weighted by Gasteiger charge is 2.51. The molecule has 3 N–H and O–H groups in total. The predicted octanol–water partition coefficient (Wildman–Crippen LogP) is 6.89. The van der Waals surface area contributed by atoms with E-state index in [0.29, 0.717) is 16.7 Å². The van der Waals surface area contributed by atoms with Crippen LogP contribution in [-0.2, 0) is 11.8 Å². The molecule has 2 heteroatoms. The fourth-order valence-corrected chi connectivity index (χ4v) is 6.90. The summed E-state index contributed by atoms with van der Waals surface area (Å²) in [6.07, 6.45) is 8.79. The van der Waals surface area contributed by atoms with Crippen LogP contribution in [0.2, 0.25) is 0 Å². The summed E-state index contributed by atoms with van der Waals surface area (Å²) in [4.78, 5) is 0. The molecule has 4 atom stereocenters. The molecule has 0 amide bonds. The maximum Gasteiger partial charge on any atom is 0.0295 e. The maximum absolute atomic E-state index is 6.40. The lowest BCUT2D eigenvalue weighted by Gasteiger charge is -2.55. The minimum absolute atomic E-state index is 0.150. The lowest BCUT2D eigenvalue weighted by molar-refractivity contribution is 0.0260. The fraction of sp³-hybridized carbons (Fsp3) is 0.600. The van der Waals surface area contributed by atoms with Crippen molar-refractivity contribution in [1.29, 1.82) is 0 Å². The normalized spacial score (nSPS) is 28.2. The van der Waals surface area contributed by atoms with Gasteiger partial charge in [0.25, 0.3) is 0 Å². The van der Waals surface area contributed by atoms with E-state index in [4.69, 9.17) is 5.73 Å². The van der Waals surface area contributed by atoms with Gasteiger partial charge in [0.2, 0.25) is 0 Å². The Morgan fingerprint density at radius 3 is 2.56 bits per heavy atom. The van der Waals surface area contributed by atoms with E-state index in [1.165, 1.54) is 43.2 Å². The number of benzene rings is 2. The van der Waals surface area contributed by atoms with Crippen LogP contribution in [0.15, 0.2) is 48.5 Å². The van der Waals surface area contributed by atoms with Crippen LogP contribution in [0, 0.1) is 11.3 Å². The van der Waals surface area contributed by atoms with Crippen molar-refractivity contribution in [2.75, 3.05) is 13.1 Å². The van der Waals surface area contributed by atoms with Gasteiger partial charge in [0.05, 0.1) is 0 Å². The number of aryl methyl sites for hydroxylation is 1. The Hall–Kier alpha value is -1.64. The van der Waals surface area contributed by atoms with E-state index in [-0.39, 0.29) is 6.04 Å². The summed E-state index contributed by atoms with van der Waals surface area (Å²) >= 11 is 0. The highest BCUT2D eigenvalue weighted by molar-refractivity contribution is 5.42. The second kappa shape index (κ2) is 9.69. The zero-order valence-electron chi connectivity index (χ0n) is 20.8. The summed E-state index contributed by atoms with van der Waals surface area (Å²) in [5.74, 6) is 1.38.